The summed E-state index contributed by atoms with van der Waals surface area (Å²) in [6.07, 6.45) is 0. The number of hydrogen-bond donors (Lipinski definition) is 0. The van der Waals surface area contributed by atoms with Gasteiger partial charge in [-0.15, -0.1) is 0 Å². The van der Waals surface area contributed by atoms with Crippen molar-refractivity contribution < 1.29 is 4.42 Å². The largest absolute Gasteiger partial charge is 0.422 e. The van der Waals surface area contributed by atoms with Crippen LogP contribution in [0, 0.1) is 0 Å². The average Bonchev–Trinajstić information content (AvgIpc) is 3.20. The maximum atomic E-state index is 6.44. The van der Waals surface area contributed by atoms with Crippen molar-refractivity contribution in [3.8, 4) is 28.3 Å². The fraction of sp³-hybridized carbons (Fsp3) is 0. The minimum atomic E-state index is 0.533. The van der Waals surface area contributed by atoms with Crippen molar-refractivity contribution >= 4 is 5.69 Å². The van der Waals surface area contributed by atoms with Gasteiger partial charge in [0.25, 0.3) is 0 Å². The lowest BCUT2D eigenvalue weighted by atomic mass is 10.1. The predicted molar refractivity (Wildman–Crippen MR) is 121 cm³/mol. The minimum absolute atomic E-state index is 0.533. The standard InChI is InChI=1S/C27H20N2O/c1-5-13-21(14-6-1)25-26(22-15-7-2-8-16-22)30-27(28-23-17-9-3-10-18-23)29(25)24-19-11-4-12-20-24/h1-20H. The fourth-order valence-corrected chi connectivity index (χ4v) is 3.53. The first-order chi connectivity index (χ1) is 14.9. The molecule has 0 saturated carbocycles. The highest BCUT2D eigenvalue weighted by Crippen LogP contribution is 2.33. The molecule has 4 aromatic carbocycles. The lowest BCUT2D eigenvalue weighted by Crippen LogP contribution is -2.14. The van der Waals surface area contributed by atoms with Gasteiger partial charge in [-0.3, -0.25) is 4.57 Å². The Morgan fingerprint density at radius 2 is 1.03 bits per heavy atom. The Hall–Kier alpha value is -4.11. The van der Waals surface area contributed by atoms with Crippen LogP contribution in [0.1, 0.15) is 0 Å². The first kappa shape index (κ1) is 18.0. The van der Waals surface area contributed by atoms with E-state index < -0.39 is 0 Å². The van der Waals surface area contributed by atoms with Gasteiger partial charge in [0, 0.05) is 11.1 Å². The van der Waals surface area contributed by atoms with Crippen LogP contribution in [0.2, 0.25) is 0 Å². The van der Waals surface area contributed by atoms with E-state index in [0.717, 1.165) is 34.0 Å². The average molecular weight is 388 g/mol. The van der Waals surface area contributed by atoms with Crippen LogP contribution in [-0.2, 0) is 0 Å². The monoisotopic (exact) mass is 388 g/mol. The van der Waals surface area contributed by atoms with Crippen molar-refractivity contribution in [2.45, 2.75) is 0 Å². The third-order valence-corrected chi connectivity index (χ3v) is 4.90. The van der Waals surface area contributed by atoms with Crippen LogP contribution in [0.3, 0.4) is 0 Å². The minimum Gasteiger partial charge on any atom is -0.422 e. The summed E-state index contributed by atoms with van der Waals surface area (Å²) in [4.78, 5) is 4.85. The molecule has 144 valence electrons. The van der Waals surface area contributed by atoms with Gasteiger partial charge in [0.05, 0.1) is 11.4 Å². The first-order valence-corrected chi connectivity index (χ1v) is 9.92. The Morgan fingerprint density at radius 3 is 1.63 bits per heavy atom. The van der Waals surface area contributed by atoms with Crippen molar-refractivity contribution in [3.63, 3.8) is 0 Å². The highest BCUT2D eigenvalue weighted by Gasteiger charge is 2.20. The summed E-state index contributed by atoms with van der Waals surface area (Å²) in [5.74, 6) is 0.792. The van der Waals surface area contributed by atoms with Gasteiger partial charge >= 0.3 is 5.68 Å². The number of oxazole rings is 1. The van der Waals surface area contributed by atoms with Gasteiger partial charge < -0.3 is 4.42 Å². The van der Waals surface area contributed by atoms with Crippen LogP contribution in [0.5, 0.6) is 0 Å². The van der Waals surface area contributed by atoms with E-state index in [1.165, 1.54) is 0 Å². The SMILES string of the molecule is c1ccc(N=c2oc(-c3ccccc3)c(-c3ccccc3)n2-c2ccccc2)cc1. The zero-order valence-electron chi connectivity index (χ0n) is 16.3. The summed E-state index contributed by atoms with van der Waals surface area (Å²) in [6, 6.07) is 40.6. The van der Waals surface area contributed by atoms with E-state index in [9.17, 15) is 0 Å². The molecule has 5 rings (SSSR count). The number of para-hydroxylation sites is 2. The van der Waals surface area contributed by atoms with E-state index in [0.29, 0.717) is 5.68 Å². The lowest BCUT2D eigenvalue weighted by Gasteiger charge is -2.09. The molecular formula is C27H20N2O. The molecular weight excluding hydrogens is 368 g/mol. The molecule has 0 atom stereocenters. The van der Waals surface area contributed by atoms with Crippen LogP contribution in [0.25, 0.3) is 28.3 Å². The van der Waals surface area contributed by atoms with Crippen molar-refractivity contribution in [3.05, 3.63) is 127 Å². The lowest BCUT2D eigenvalue weighted by molar-refractivity contribution is 0.499. The van der Waals surface area contributed by atoms with Crippen LogP contribution in [0.15, 0.2) is 131 Å². The first-order valence-electron chi connectivity index (χ1n) is 9.92. The summed E-state index contributed by atoms with van der Waals surface area (Å²) >= 11 is 0. The van der Waals surface area contributed by atoms with Crippen molar-refractivity contribution in [1.29, 1.82) is 0 Å². The smallest absolute Gasteiger partial charge is 0.307 e. The summed E-state index contributed by atoms with van der Waals surface area (Å²) in [6.45, 7) is 0. The van der Waals surface area contributed by atoms with Crippen molar-refractivity contribution in [1.82, 2.24) is 4.57 Å². The van der Waals surface area contributed by atoms with E-state index in [1.54, 1.807) is 0 Å². The number of hydrogen-bond acceptors (Lipinski definition) is 2. The van der Waals surface area contributed by atoms with Gasteiger partial charge in [0.2, 0.25) is 0 Å². The summed E-state index contributed by atoms with van der Waals surface area (Å²) < 4.78 is 8.53. The van der Waals surface area contributed by atoms with Crippen LogP contribution in [-0.4, -0.2) is 4.57 Å². The molecule has 0 aliphatic carbocycles. The van der Waals surface area contributed by atoms with Crippen molar-refractivity contribution in [2.24, 2.45) is 4.99 Å². The molecule has 0 bridgehead atoms. The molecule has 0 aliphatic rings. The fourth-order valence-electron chi connectivity index (χ4n) is 3.53. The molecule has 30 heavy (non-hydrogen) atoms. The second-order valence-corrected chi connectivity index (χ2v) is 6.91. The molecule has 0 radical (unpaired) electrons. The van der Waals surface area contributed by atoms with Crippen molar-refractivity contribution in [2.75, 3.05) is 0 Å². The molecule has 0 N–H and O–H groups in total. The molecule has 0 amide bonds. The number of aromatic nitrogens is 1. The van der Waals surface area contributed by atoms with Crippen LogP contribution < -0.4 is 5.68 Å². The van der Waals surface area contributed by atoms with E-state index in [-0.39, 0.29) is 0 Å². The van der Waals surface area contributed by atoms with Gasteiger partial charge in [-0.2, -0.15) is 4.99 Å². The van der Waals surface area contributed by atoms with E-state index in [1.807, 2.05) is 84.9 Å². The Balaban J connectivity index is 1.88. The third-order valence-electron chi connectivity index (χ3n) is 4.90. The molecule has 3 heteroatoms. The summed E-state index contributed by atoms with van der Waals surface area (Å²) in [5, 5.41) is 0. The predicted octanol–water partition coefficient (Wildman–Crippen LogP) is 6.64. The van der Waals surface area contributed by atoms with Gasteiger partial charge in [0.15, 0.2) is 5.76 Å². The molecule has 5 aromatic rings. The van der Waals surface area contributed by atoms with Gasteiger partial charge in [-0.25, -0.2) is 0 Å². The molecule has 0 aliphatic heterocycles. The zero-order chi connectivity index (χ0) is 20.2. The number of nitrogens with zero attached hydrogens (tertiary/aromatic N) is 2. The Bertz CT molecular complexity index is 1300. The molecule has 0 saturated heterocycles. The summed E-state index contributed by atoms with van der Waals surface area (Å²) in [7, 11) is 0. The Labute approximate surface area is 175 Å². The van der Waals surface area contributed by atoms with Gasteiger partial charge in [-0.1, -0.05) is 97.1 Å². The topological polar surface area (TPSA) is 30.4 Å². The Kier molecular flexibility index (Phi) is 4.84. The number of benzene rings is 4. The maximum Gasteiger partial charge on any atom is 0.307 e. The molecule has 0 spiro atoms. The zero-order valence-corrected chi connectivity index (χ0v) is 16.3. The normalized spacial score (nSPS) is 11.5. The van der Waals surface area contributed by atoms with E-state index in [2.05, 4.69) is 41.0 Å². The van der Waals surface area contributed by atoms with Gasteiger partial charge in [0.1, 0.15) is 5.69 Å². The van der Waals surface area contributed by atoms with E-state index in [4.69, 9.17) is 9.41 Å². The Morgan fingerprint density at radius 1 is 0.533 bits per heavy atom. The number of rotatable bonds is 4. The molecule has 1 heterocycles. The van der Waals surface area contributed by atoms with Gasteiger partial charge in [-0.05, 0) is 24.3 Å². The molecule has 0 fully saturated rings. The second kappa shape index (κ2) is 8.10. The maximum absolute atomic E-state index is 6.44. The van der Waals surface area contributed by atoms with E-state index >= 15 is 0 Å². The highest BCUT2D eigenvalue weighted by molar-refractivity contribution is 5.78. The quantitative estimate of drug-likeness (QED) is 0.339. The second-order valence-electron chi connectivity index (χ2n) is 6.91. The molecule has 0 unspecified atom stereocenters. The van der Waals surface area contributed by atoms with Crippen LogP contribution >= 0.6 is 0 Å². The van der Waals surface area contributed by atoms with Crippen LogP contribution in [0.4, 0.5) is 5.69 Å². The third kappa shape index (κ3) is 3.49. The summed E-state index contributed by atoms with van der Waals surface area (Å²) in [5.41, 5.74) is 5.42. The highest BCUT2D eigenvalue weighted by atomic mass is 16.4. The molecule has 1 aromatic heterocycles. The molecule has 3 nitrogen and oxygen atoms in total.